The summed E-state index contributed by atoms with van der Waals surface area (Å²) in [6, 6.07) is 15.3. The molecule has 0 amide bonds. The second kappa shape index (κ2) is 12.1. The Morgan fingerprint density at radius 1 is 1.02 bits per heavy atom. The zero-order chi connectivity index (χ0) is 29.1. The van der Waals surface area contributed by atoms with Gasteiger partial charge in [-0.1, -0.05) is 55.8 Å². The van der Waals surface area contributed by atoms with Crippen molar-refractivity contribution in [1.29, 1.82) is 0 Å². The van der Waals surface area contributed by atoms with E-state index in [1.807, 2.05) is 36.4 Å². The number of hydrogen-bond acceptors (Lipinski definition) is 8. The van der Waals surface area contributed by atoms with Crippen LogP contribution in [0.25, 0.3) is 11.3 Å². The van der Waals surface area contributed by atoms with Gasteiger partial charge in [0.1, 0.15) is 15.7 Å². The van der Waals surface area contributed by atoms with Crippen LogP contribution in [0.3, 0.4) is 0 Å². The Hall–Kier alpha value is -3.67. The topological polar surface area (TPSA) is 105 Å². The van der Waals surface area contributed by atoms with Crippen molar-refractivity contribution in [1.82, 2.24) is 24.6 Å². The van der Waals surface area contributed by atoms with Gasteiger partial charge in [0.2, 0.25) is 11.8 Å². The molecule has 0 bridgehead atoms. The lowest BCUT2D eigenvalue weighted by Crippen LogP contribution is -2.44. The molecular formula is C29H34ClN7O3S. The Kier molecular flexibility index (Phi) is 8.48. The molecule has 1 saturated heterocycles. The summed E-state index contributed by atoms with van der Waals surface area (Å²) in [5, 5.41) is 4.44. The first kappa shape index (κ1) is 28.8. The Labute approximate surface area is 246 Å². The van der Waals surface area contributed by atoms with Gasteiger partial charge in [-0.25, -0.2) is 18.1 Å². The van der Waals surface area contributed by atoms with Gasteiger partial charge in [-0.15, -0.1) is 0 Å². The fraction of sp³-hybridized carbons (Fsp3) is 0.345. The number of likely N-dealkylation sites (N-methyl/N-ethyl adjacent to an activating group) is 1. The first-order valence-corrected chi connectivity index (χ1v) is 15.3. The van der Waals surface area contributed by atoms with Gasteiger partial charge < -0.3 is 14.5 Å². The number of nitrogens with one attached hydrogen (secondary N) is 1. The lowest BCUT2D eigenvalue weighted by Gasteiger charge is -2.34. The van der Waals surface area contributed by atoms with Crippen LogP contribution in [0.4, 0.5) is 11.6 Å². The number of halogens is 1. The Balaban J connectivity index is 1.54. The summed E-state index contributed by atoms with van der Waals surface area (Å²) in [6.07, 6.45) is 3.50. The SMILES string of the molecule is CC(C)Cc1ccccc1-c1cc(Oc2cccc(N3CCN(C)CC3)c2Cl)nc(NS(=O)(=O)c2cnn(C)c2)n1. The third-order valence-electron chi connectivity index (χ3n) is 6.84. The quantitative estimate of drug-likeness (QED) is 0.286. The van der Waals surface area contributed by atoms with Crippen molar-refractivity contribution in [2.75, 3.05) is 42.8 Å². The first-order valence-electron chi connectivity index (χ1n) is 13.5. The molecule has 2 aromatic heterocycles. The van der Waals surface area contributed by atoms with Crippen LogP contribution in [0.5, 0.6) is 11.6 Å². The minimum Gasteiger partial charge on any atom is -0.437 e. The van der Waals surface area contributed by atoms with Crippen LogP contribution in [-0.4, -0.2) is 66.3 Å². The zero-order valence-corrected chi connectivity index (χ0v) is 25.2. The summed E-state index contributed by atoms with van der Waals surface area (Å²) in [5.41, 5.74) is 3.36. The highest BCUT2D eigenvalue weighted by atomic mass is 35.5. The third kappa shape index (κ3) is 6.80. The van der Waals surface area contributed by atoms with Crippen molar-refractivity contribution >= 4 is 33.3 Å². The van der Waals surface area contributed by atoms with Crippen LogP contribution in [0, 0.1) is 5.92 Å². The molecule has 1 aliphatic heterocycles. The second-order valence-corrected chi connectivity index (χ2v) is 12.7. The van der Waals surface area contributed by atoms with Gasteiger partial charge in [-0.2, -0.15) is 10.1 Å². The third-order valence-corrected chi connectivity index (χ3v) is 8.51. The maximum absolute atomic E-state index is 13.1. The number of nitrogens with zero attached hydrogens (tertiary/aromatic N) is 6. The van der Waals surface area contributed by atoms with Crippen LogP contribution in [0.15, 0.2) is 65.8 Å². The maximum Gasteiger partial charge on any atom is 0.267 e. The highest BCUT2D eigenvalue weighted by molar-refractivity contribution is 7.92. The molecule has 10 nitrogen and oxygen atoms in total. The number of ether oxygens (including phenoxy) is 1. The lowest BCUT2D eigenvalue weighted by molar-refractivity contribution is 0.313. The smallest absolute Gasteiger partial charge is 0.267 e. The highest BCUT2D eigenvalue weighted by Crippen LogP contribution is 2.38. The molecule has 1 fully saturated rings. The molecule has 4 aromatic rings. The molecule has 1 N–H and O–H groups in total. The number of benzene rings is 2. The van der Waals surface area contributed by atoms with Crippen molar-refractivity contribution in [3.8, 4) is 22.9 Å². The zero-order valence-electron chi connectivity index (χ0n) is 23.6. The summed E-state index contributed by atoms with van der Waals surface area (Å²) in [4.78, 5) is 13.5. The van der Waals surface area contributed by atoms with Gasteiger partial charge in [0.25, 0.3) is 10.0 Å². The summed E-state index contributed by atoms with van der Waals surface area (Å²) in [5.74, 6) is 0.875. The molecule has 41 heavy (non-hydrogen) atoms. The average molecular weight is 596 g/mol. The molecular weight excluding hydrogens is 562 g/mol. The van der Waals surface area contributed by atoms with Crippen molar-refractivity contribution < 1.29 is 13.2 Å². The molecule has 216 valence electrons. The van der Waals surface area contributed by atoms with Crippen LogP contribution >= 0.6 is 11.6 Å². The van der Waals surface area contributed by atoms with Crippen LogP contribution in [0.2, 0.25) is 5.02 Å². The Morgan fingerprint density at radius 2 is 1.78 bits per heavy atom. The normalized spacial score (nSPS) is 14.4. The van der Waals surface area contributed by atoms with E-state index in [0.29, 0.717) is 22.4 Å². The number of anilines is 2. The highest BCUT2D eigenvalue weighted by Gasteiger charge is 2.22. The summed E-state index contributed by atoms with van der Waals surface area (Å²) in [7, 11) is -0.246. The number of piperazine rings is 1. The van der Waals surface area contributed by atoms with Gasteiger partial charge in [-0.3, -0.25) is 4.68 Å². The minimum absolute atomic E-state index is 0.000369. The van der Waals surface area contributed by atoms with E-state index in [2.05, 4.69) is 50.5 Å². The number of aromatic nitrogens is 4. The van der Waals surface area contributed by atoms with E-state index in [0.717, 1.165) is 49.4 Å². The lowest BCUT2D eigenvalue weighted by atomic mass is 9.96. The summed E-state index contributed by atoms with van der Waals surface area (Å²) in [6.45, 7) is 7.87. The summed E-state index contributed by atoms with van der Waals surface area (Å²) >= 11 is 6.85. The maximum atomic E-state index is 13.1. The number of aryl methyl sites for hydroxylation is 1. The van der Waals surface area contributed by atoms with Crippen molar-refractivity contribution in [2.45, 2.75) is 25.2 Å². The average Bonchev–Trinajstić information content (AvgIpc) is 3.37. The Morgan fingerprint density at radius 3 is 2.49 bits per heavy atom. The molecule has 0 aliphatic carbocycles. The molecule has 2 aromatic carbocycles. The van der Waals surface area contributed by atoms with E-state index >= 15 is 0 Å². The van der Waals surface area contributed by atoms with E-state index in [4.69, 9.17) is 16.3 Å². The molecule has 12 heteroatoms. The van der Waals surface area contributed by atoms with Gasteiger partial charge in [0, 0.05) is 51.1 Å². The number of sulfonamides is 1. The van der Waals surface area contributed by atoms with E-state index < -0.39 is 10.0 Å². The van der Waals surface area contributed by atoms with Crippen LogP contribution < -0.4 is 14.4 Å². The Bertz CT molecular complexity index is 1630. The molecule has 0 saturated carbocycles. The van der Waals surface area contributed by atoms with E-state index in [-0.39, 0.29) is 16.7 Å². The van der Waals surface area contributed by atoms with Gasteiger partial charge in [0.15, 0.2) is 0 Å². The van der Waals surface area contributed by atoms with Crippen LogP contribution in [0.1, 0.15) is 19.4 Å². The minimum atomic E-state index is -3.99. The molecule has 0 unspecified atom stereocenters. The predicted molar refractivity (Wildman–Crippen MR) is 161 cm³/mol. The van der Waals surface area contributed by atoms with Gasteiger partial charge in [0.05, 0.1) is 17.6 Å². The largest absolute Gasteiger partial charge is 0.437 e. The standard InChI is InChI=1S/C29H34ClN7O3S/c1-20(2)16-21-8-5-6-9-23(21)24-17-27(33-29(32-24)34-41(38,39)22-18-31-36(4)19-22)40-26-11-7-10-25(28(26)30)37-14-12-35(3)13-15-37/h5-11,17-20H,12-16H2,1-4H3,(H,32,33,34). The fourth-order valence-corrected chi connectivity index (χ4v) is 5.96. The monoisotopic (exact) mass is 595 g/mol. The van der Waals surface area contributed by atoms with E-state index in [1.165, 1.54) is 17.1 Å². The van der Waals surface area contributed by atoms with Crippen molar-refractivity contribution in [3.05, 3.63) is 71.5 Å². The van der Waals surface area contributed by atoms with Gasteiger partial charge >= 0.3 is 0 Å². The molecule has 5 rings (SSSR count). The van der Waals surface area contributed by atoms with Crippen molar-refractivity contribution in [3.63, 3.8) is 0 Å². The molecule has 1 aliphatic rings. The van der Waals surface area contributed by atoms with Gasteiger partial charge in [-0.05, 0) is 37.1 Å². The molecule has 0 atom stereocenters. The fourth-order valence-electron chi connectivity index (χ4n) is 4.75. The molecule has 3 heterocycles. The number of hydrogen-bond donors (Lipinski definition) is 1. The van der Waals surface area contributed by atoms with Crippen molar-refractivity contribution in [2.24, 2.45) is 13.0 Å². The number of rotatable bonds is 9. The van der Waals surface area contributed by atoms with E-state index in [9.17, 15) is 8.42 Å². The van der Waals surface area contributed by atoms with Crippen LogP contribution in [-0.2, 0) is 23.5 Å². The molecule has 0 spiro atoms. The second-order valence-electron chi connectivity index (χ2n) is 10.6. The van der Waals surface area contributed by atoms with E-state index in [1.54, 1.807) is 19.2 Å². The first-order chi connectivity index (χ1) is 19.6. The summed E-state index contributed by atoms with van der Waals surface area (Å²) < 4.78 is 36.4. The predicted octanol–water partition coefficient (Wildman–Crippen LogP) is 5.07. The molecule has 0 radical (unpaired) electrons.